The third-order valence-electron chi connectivity index (χ3n) is 8.18. The Hall–Kier alpha value is -4.48. The van der Waals surface area contributed by atoms with Crippen LogP contribution in [-0.2, 0) is 4.79 Å². The highest BCUT2D eigenvalue weighted by Crippen LogP contribution is 2.26. The number of nitrogens with zero attached hydrogens (tertiary/aromatic N) is 7. The van der Waals surface area contributed by atoms with Crippen LogP contribution >= 0.6 is 0 Å². The summed E-state index contributed by atoms with van der Waals surface area (Å²) in [6, 6.07) is 17.6. The molecular formula is C32H38N10O. The molecule has 0 unspecified atom stereocenters. The van der Waals surface area contributed by atoms with Gasteiger partial charge in [-0.1, -0.05) is 12.1 Å². The fourth-order valence-corrected chi connectivity index (χ4v) is 5.77. The normalized spacial score (nSPS) is 17.0. The third-order valence-corrected chi connectivity index (χ3v) is 8.18. The molecule has 0 saturated carbocycles. The minimum Gasteiger partial charge on any atom is -0.326 e. The highest BCUT2D eigenvalue weighted by atomic mass is 16.1. The highest BCUT2D eigenvalue weighted by molar-refractivity contribution is 5.93. The van der Waals surface area contributed by atoms with Crippen molar-refractivity contribution in [1.29, 1.82) is 0 Å². The van der Waals surface area contributed by atoms with Gasteiger partial charge >= 0.3 is 0 Å². The van der Waals surface area contributed by atoms with E-state index in [2.05, 4.69) is 57.7 Å². The SMILES string of the molecule is Cc1cccc(-c2nccc(Nc3ccnc(Nc4cccc(NC(=O)C5CCN(C6CCN(C)CC6)CC5)c4)n3)n2)n1. The number of anilines is 5. The van der Waals surface area contributed by atoms with Crippen molar-refractivity contribution >= 4 is 34.9 Å². The number of piperidine rings is 2. The zero-order chi connectivity index (χ0) is 29.6. The second kappa shape index (κ2) is 13.2. The molecule has 222 valence electrons. The van der Waals surface area contributed by atoms with E-state index in [4.69, 9.17) is 0 Å². The first-order valence-corrected chi connectivity index (χ1v) is 15.0. The summed E-state index contributed by atoms with van der Waals surface area (Å²) in [4.78, 5) is 40.5. The minimum atomic E-state index is 0.0363. The predicted octanol–water partition coefficient (Wildman–Crippen LogP) is 4.87. The largest absolute Gasteiger partial charge is 0.326 e. The summed E-state index contributed by atoms with van der Waals surface area (Å²) in [6.07, 6.45) is 7.61. The van der Waals surface area contributed by atoms with Crippen LogP contribution in [0.1, 0.15) is 31.4 Å². The highest BCUT2D eigenvalue weighted by Gasteiger charge is 2.30. The van der Waals surface area contributed by atoms with Crippen LogP contribution in [0.4, 0.5) is 29.0 Å². The lowest BCUT2D eigenvalue weighted by Crippen LogP contribution is -2.48. The third kappa shape index (κ3) is 7.49. The van der Waals surface area contributed by atoms with Gasteiger partial charge in [0.1, 0.15) is 17.3 Å². The van der Waals surface area contributed by atoms with Gasteiger partial charge in [-0.2, -0.15) is 4.98 Å². The van der Waals surface area contributed by atoms with Gasteiger partial charge in [0.2, 0.25) is 11.9 Å². The predicted molar refractivity (Wildman–Crippen MR) is 168 cm³/mol. The molecule has 11 nitrogen and oxygen atoms in total. The number of pyridine rings is 1. The van der Waals surface area contributed by atoms with E-state index in [0.29, 0.717) is 35.1 Å². The Morgan fingerprint density at radius 3 is 2.30 bits per heavy atom. The molecule has 1 amide bonds. The van der Waals surface area contributed by atoms with Crippen molar-refractivity contribution < 1.29 is 4.79 Å². The first-order valence-electron chi connectivity index (χ1n) is 15.0. The molecular weight excluding hydrogens is 540 g/mol. The van der Waals surface area contributed by atoms with Crippen molar-refractivity contribution in [2.24, 2.45) is 5.92 Å². The Balaban J connectivity index is 1.04. The number of carbonyl (C=O) groups excluding carboxylic acids is 1. The molecule has 2 aliphatic heterocycles. The van der Waals surface area contributed by atoms with Crippen molar-refractivity contribution in [1.82, 2.24) is 34.7 Å². The van der Waals surface area contributed by atoms with E-state index in [1.165, 1.54) is 12.8 Å². The maximum Gasteiger partial charge on any atom is 0.229 e. The first-order chi connectivity index (χ1) is 21.0. The molecule has 0 radical (unpaired) electrons. The second-order valence-electron chi connectivity index (χ2n) is 11.4. The van der Waals surface area contributed by atoms with E-state index in [0.717, 1.165) is 56.1 Å². The molecule has 4 aromatic rings. The summed E-state index contributed by atoms with van der Waals surface area (Å²) < 4.78 is 0. The Morgan fingerprint density at radius 1 is 0.791 bits per heavy atom. The standard InChI is InChI=1S/C32H38N10O/c1-22-5-3-8-27(35-22)30-33-15-9-28(39-30)38-29-10-16-34-32(40-29)37-25-7-4-6-24(21-25)36-31(43)23-11-19-42(20-12-23)26-13-17-41(2)18-14-26/h3-10,15-16,21,23,26H,11-14,17-20H2,1-2H3,(H,36,43)(H2,33,34,37,38,39,40). The second-order valence-corrected chi connectivity index (χ2v) is 11.4. The van der Waals surface area contributed by atoms with Gasteiger partial charge in [0.15, 0.2) is 5.82 Å². The maximum absolute atomic E-state index is 13.1. The number of aromatic nitrogens is 5. The minimum absolute atomic E-state index is 0.0363. The van der Waals surface area contributed by atoms with Crippen LogP contribution in [-0.4, -0.2) is 79.9 Å². The van der Waals surface area contributed by atoms with Crippen LogP contribution in [0.5, 0.6) is 0 Å². The van der Waals surface area contributed by atoms with E-state index in [-0.39, 0.29) is 11.8 Å². The van der Waals surface area contributed by atoms with Crippen molar-refractivity contribution in [2.75, 3.05) is 49.2 Å². The van der Waals surface area contributed by atoms with Crippen molar-refractivity contribution in [3.05, 3.63) is 72.7 Å². The monoisotopic (exact) mass is 578 g/mol. The zero-order valence-corrected chi connectivity index (χ0v) is 24.7. The van der Waals surface area contributed by atoms with Gasteiger partial charge < -0.3 is 25.8 Å². The molecule has 0 bridgehead atoms. The summed E-state index contributed by atoms with van der Waals surface area (Å²) in [5.41, 5.74) is 3.14. The molecule has 6 rings (SSSR count). The average molecular weight is 579 g/mol. The van der Waals surface area contributed by atoms with E-state index in [1.807, 2.05) is 49.4 Å². The quantitative estimate of drug-likeness (QED) is 0.267. The van der Waals surface area contributed by atoms with Crippen molar-refractivity contribution in [3.63, 3.8) is 0 Å². The van der Waals surface area contributed by atoms with E-state index in [9.17, 15) is 4.79 Å². The number of nitrogens with one attached hydrogen (secondary N) is 3. The summed E-state index contributed by atoms with van der Waals surface area (Å²) in [5.74, 6) is 2.25. The molecule has 3 N–H and O–H groups in total. The van der Waals surface area contributed by atoms with Crippen LogP contribution in [0, 0.1) is 12.8 Å². The molecule has 0 spiro atoms. The van der Waals surface area contributed by atoms with Gasteiger partial charge in [-0.15, -0.1) is 0 Å². The lowest BCUT2D eigenvalue weighted by Gasteiger charge is -2.40. The lowest BCUT2D eigenvalue weighted by molar-refractivity contribution is -0.121. The molecule has 0 atom stereocenters. The van der Waals surface area contributed by atoms with E-state index in [1.54, 1.807) is 24.5 Å². The number of likely N-dealkylation sites (tertiary alicyclic amines) is 2. The Morgan fingerprint density at radius 2 is 1.51 bits per heavy atom. The molecule has 11 heteroatoms. The van der Waals surface area contributed by atoms with Crippen molar-refractivity contribution in [2.45, 2.75) is 38.6 Å². The summed E-state index contributed by atoms with van der Waals surface area (Å²) in [7, 11) is 2.20. The molecule has 2 aliphatic rings. The Kier molecular flexibility index (Phi) is 8.80. The summed E-state index contributed by atoms with van der Waals surface area (Å²) >= 11 is 0. The maximum atomic E-state index is 13.1. The number of hydrogen-bond acceptors (Lipinski definition) is 10. The van der Waals surface area contributed by atoms with Crippen LogP contribution < -0.4 is 16.0 Å². The summed E-state index contributed by atoms with van der Waals surface area (Å²) in [6.45, 7) is 6.25. The number of aryl methyl sites for hydroxylation is 1. The fourth-order valence-electron chi connectivity index (χ4n) is 5.77. The smallest absolute Gasteiger partial charge is 0.229 e. The fraction of sp³-hybridized carbons (Fsp3) is 0.375. The topological polar surface area (TPSA) is 124 Å². The number of hydrogen-bond donors (Lipinski definition) is 3. The van der Waals surface area contributed by atoms with Gasteiger partial charge in [0.25, 0.3) is 0 Å². The van der Waals surface area contributed by atoms with Crippen LogP contribution in [0.15, 0.2) is 67.0 Å². The number of benzene rings is 1. The Bertz CT molecular complexity index is 1550. The molecule has 2 fully saturated rings. The van der Waals surface area contributed by atoms with Crippen LogP contribution in [0.2, 0.25) is 0 Å². The number of carbonyl (C=O) groups is 1. The van der Waals surface area contributed by atoms with Gasteiger partial charge in [0, 0.05) is 41.4 Å². The first kappa shape index (κ1) is 28.6. The molecule has 43 heavy (non-hydrogen) atoms. The van der Waals surface area contributed by atoms with E-state index < -0.39 is 0 Å². The van der Waals surface area contributed by atoms with Crippen LogP contribution in [0.25, 0.3) is 11.5 Å². The van der Waals surface area contributed by atoms with Crippen molar-refractivity contribution in [3.8, 4) is 11.5 Å². The average Bonchev–Trinajstić information content (AvgIpc) is 3.02. The van der Waals surface area contributed by atoms with Gasteiger partial charge in [-0.3, -0.25) is 4.79 Å². The Labute approximate surface area is 252 Å². The number of rotatable bonds is 8. The molecule has 3 aromatic heterocycles. The summed E-state index contributed by atoms with van der Waals surface area (Å²) in [5, 5.41) is 9.60. The van der Waals surface area contributed by atoms with E-state index >= 15 is 0 Å². The van der Waals surface area contributed by atoms with Gasteiger partial charge in [-0.25, -0.2) is 19.9 Å². The zero-order valence-electron chi connectivity index (χ0n) is 24.7. The molecule has 2 saturated heterocycles. The molecule has 0 aliphatic carbocycles. The van der Waals surface area contributed by atoms with Gasteiger partial charge in [-0.05, 0) is 108 Å². The lowest BCUT2D eigenvalue weighted by atomic mass is 9.93. The van der Waals surface area contributed by atoms with Gasteiger partial charge in [0.05, 0.1) is 0 Å². The molecule has 5 heterocycles. The number of amides is 1. The van der Waals surface area contributed by atoms with Crippen LogP contribution in [0.3, 0.4) is 0 Å². The molecule has 1 aromatic carbocycles.